The molecule has 144 valence electrons. The summed E-state index contributed by atoms with van der Waals surface area (Å²) in [4.78, 5) is 50.9. The van der Waals surface area contributed by atoms with Gasteiger partial charge < -0.3 is 10.5 Å². The fourth-order valence-corrected chi connectivity index (χ4v) is 3.67. The van der Waals surface area contributed by atoms with E-state index in [0.717, 1.165) is 4.90 Å². The van der Waals surface area contributed by atoms with Crippen LogP contribution in [0, 0.1) is 0 Å². The zero-order valence-corrected chi connectivity index (χ0v) is 15.1. The van der Waals surface area contributed by atoms with Gasteiger partial charge in [-0.15, -0.1) is 0 Å². The Kier molecular flexibility index (Phi) is 4.56. The lowest BCUT2D eigenvalue weighted by atomic mass is 9.91. The van der Waals surface area contributed by atoms with Crippen LogP contribution in [0.15, 0.2) is 30.3 Å². The fourth-order valence-electron chi connectivity index (χ4n) is 3.67. The number of piperidine rings is 1. The third-order valence-corrected chi connectivity index (χ3v) is 4.99. The van der Waals surface area contributed by atoms with E-state index in [-0.39, 0.29) is 12.8 Å². The largest absolute Gasteiger partial charge is 0.494 e. The number of nitrogens with zero attached hydrogens (tertiary/aromatic N) is 1. The van der Waals surface area contributed by atoms with Crippen LogP contribution in [-0.4, -0.2) is 47.7 Å². The molecule has 2 aliphatic heterocycles. The van der Waals surface area contributed by atoms with Crippen LogP contribution in [0.4, 0.5) is 0 Å². The normalized spacial score (nSPS) is 19.2. The van der Waals surface area contributed by atoms with Gasteiger partial charge in [-0.3, -0.25) is 29.4 Å². The molecule has 0 spiro atoms. The lowest BCUT2D eigenvalue weighted by Gasteiger charge is -2.34. The highest BCUT2D eigenvalue weighted by Gasteiger charge is 2.42. The summed E-state index contributed by atoms with van der Waals surface area (Å²) in [5.74, 6) is -1.64. The molecule has 28 heavy (non-hydrogen) atoms. The van der Waals surface area contributed by atoms with Gasteiger partial charge in [-0.2, -0.15) is 0 Å². The van der Waals surface area contributed by atoms with Crippen molar-refractivity contribution in [2.24, 2.45) is 5.73 Å². The zero-order chi connectivity index (χ0) is 19.8. The van der Waals surface area contributed by atoms with Gasteiger partial charge in [0.1, 0.15) is 11.8 Å². The number of benzene rings is 2. The van der Waals surface area contributed by atoms with Crippen molar-refractivity contribution in [3.63, 3.8) is 0 Å². The highest BCUT2D eigenvalue weighted by molar-refractivity contribution is 6.27. The van der Waals surface area contributed by atoms with Crippen molar-refractivity contribution in [2.45, 2.75) is 25.3 Å². The summed E-state index contributed by atoms with van der Waals surface area (Å²) in [5, 5.41) is 3.46. The first-order chi connectivity index (χ1) is 13.5. The van der Waals surface area contributed by atoms with Gasteiger partial charge in [0.15, 0.2) is 0 Å². The summed E-state index contributed by atoms with van der Waals surface area (Å²) >= 11 is 0. The van der Waals surface area contributed by atoms with Gasteiger partial charge in [-0.25, -0.2) is 0 Å². The van der Waals surface area contributed by atoms with Crippen LogP contribution in [0.5, 0.6) is 5.75 Å². The Hall–Kier alpha value is -3.26. The van der Waals surface area contributed by atoms with Crippen LogP contribution in [0.1, 0.15) is 40.0 Å². The fraction of sp³-hybridized carbons (Fsp3) is 0.300. The van der Waals surface area contributed by atoms with Crippen molar-refractivity contribution in [1.29, 1.82) is 0 Å². The molecule has 8 heteroatoms. The predicted molar refractivity (Wildman–Crippen MR) is 99.8 cm³/mol. The zero-order valence-electron chi connectivity index (χ0n) is 15.1. The van der Waals surface area contributed by atoms with Crippen LogP contribution in [0.2, 0.25) is 0 Å². The molecule has 2 aromatic rings. The van der Waals surface area contributed by atoms with E-state index in [1.165, 1.54) is 0 Å². The SMILES string of the molecule is NCCCOc1cc2c3c(cccc3c1)C(=O)N(C1CCC(=O)NC1=O)C2=O. The summed E-state index contributed by atoms with van der Waals surface area (Å²) in [6.07, 6.45) is 0.856. The molecule has 1 unspecified atom stereocenters. The van der Waals surface area contributed by atoms with E-state index in [2.05, 4.69) is 5.32 Å². The molecular weight excluding hydrogens is 362 g/mol. The molecule has 0 aliphatic carbocycles. The second kappa shape index (κ2) is 7.05. The monoisotopic (exact) mass is 381 g/mol. The number of amides is 4. The number of hydrogen-bond acceptors (Lipinski definition) is 6. The standard InChI is InChI=1S/C20H19N3O5/c21-7-2-8-28-12-9-11-3-1-4-13-17(11)14(10-12)20(27)23(19(13)26)15-5-6-16(24)22-18(15)25/h1,3-4,9-10,15H,2,5-8,21H2,(H,22,24,25). The van der Waals surface area contributed by atoms with E-state index in [4.69, 9.17) is 10.5 Å². The third-order valence-electron chi connectivity index (χ3n) is 4.99. The van der Waals surface area contributed by atoms with Crippen molar-refractivity contribution in [3.8, 4) is 5.75 Å². The molecule has 8 nitrogen and oxygen atoms in total. The molecule has 1 fully saturated rings. The number of imide groups is 2. The second-order valence-electron chi connectivity index (χ2n) is 6.81. The van der Waals surface area contributed by atoms with Crippen LogP contribution >= 0.6 is 0 Å². The van der Waals surface area contributed by atoms with Crippen LogP contribution in [0.3, 0.4) is 0 Å². The number of ether oxygens (including phenoxy) is 1. The number of nitrogens with two attached hydrogens (primary N) is 1. The minimum absolute atomic E-state index is 0.0762. The highest BCUT2D eigenvalue weighted by atomic mass is 16.5. The lowest BCUT2D eigenvalue weighted by molar-refractivity contribution is -0.136. The van der Waals surface area contributed by atoms with Crippen molar-refractivity contribution < 1.29 is 23.9 Å². The number of carbonyl (C=O) groups is 4. The molecule has 2 heterocycles. The average Bonchev–Trinajstić information content (AvgIpc) is 2.67. The van der Waals surface area contributed by atoms with Gasteiger partial charge in [-0.1, -0.05) is 12.1 Å². The van der Waals surface area contributed by atoms with Crippen molar-refractivity contribution in [3.05, 3.63) is 41.5 Å². The maximum absolute atomic E-state index is 13.2. The molecule has 0 radical (unpaired) electrons. The first-order valence-electron chi connectivity index (χ1n) is 9.12. The van der Waals surface area contributed by atoms with E-state index in [0.29, 0.717) is 47.2 Å². The highest BCUT2D eigenvalue weighted by Crippen LogP contribution is 2.35. The minimum atomic E-state index is -1.01. The topological polar surface area (TPSA) is 119 Å². The summed E-state index contributed by atoms with van der Waals surface area (Å²) in [6.45, 7) is 0.895. The number of rotatable bonds is 5. The maximum atomic E-state index is 13.2. The Morgan fingerprint density at radius 1 is 1.11 bits per heavy atom. The molecule has 3 N–H and O–H groups in total. The Balaban J connectivity index is 1.78. The second-order valence-corrected chi connectivity index (χ2v) is 6.81. The van der Waals surface area contributed by atoms with Gasteiger partial charge >= 0.3 is 0 Å². The first kappa shape index (κ1) is 18.1. The van der Waals surface area contributed by atoms with E-state index in [9.17, 15) is 19.2 Å². The van der Waals surface area contributed by atoms with Gasteiger partial charge in [0, 0.05) is 17.4 Å². The predicted octanol–water partition coefficient (Wildman–Crippen LogP) is 0.969. The smallest absolute Gasteiger partial charge is 0.262 e. The van der Waals surface area contributed by atoms with E-state index in [1.807, 2.05) is 0 Å². The van der Waals surface area contributed by atoms with Crippen LogP contribution < -0.4 is 15.8 Å². The molecule has 4 rings (SSSR count). The molecule has 2 aromatic carbocycles. The molecule has 0 saturated carbocycles. The van der Waals surface area contributed by atoms with Gasteiger partial charge in [0.2, 0.25) is 11.8 Å². The van der Waals surface area contributed by atoms with Crippen LogP contribution in [0.25, 0.3) is 10.8 Å². The van der Waals surface area contributed by atoms with Crippen molar-refractivity contribution >= 4 is 34.4 Å². The number of nitrogens with one attached hydrogen (secondary N) is 1. The van der Waals surface area contributed by atoms with E-state index >= 15 is 0 Å². The molecule has 1 atom stereocenters. The van der Waals surface area contributed by atoms with Gasteiger partial charge in [-0.05, 0) is 43.0 Å². The number of hydrogen-bond donors (Lipinski definition) is 2. The Labute approximate surface area is 160 Å². The average molecular weight is 381 g/mol. The molecule has 4 amide bonds. The van der Waals surface area contributed by atoms with Crippen molar-refractivity contribution in [2.75, 3.05) is 13.2 Å². The summed E-state index contributed by atoms with van der Waals surface area (Å²) in [6, 6.07) is 7.52. The summed E-state index contributed by atoms with van der Waals surface area (Å²) < 4.78 is 5.69. The molecular formula is C20H19N3O5. The number of carbonyl (C=O) groups excluding carboxylic acids is 4. The maximum Gasteiger partial charge on any atom is 0.262 e. The van der Waals surface area contributed by atoms with E-state index < -0.39 is 29.7 Å². The summed E-state index contributed by atoms with van der Waals surface area (Å²) in [7, 11) is 0. The van der Waals surface area contributed by atoms with Crippen molar-refractivity contribution in [1.82, 2.24) is 10.2 Å². The first-order valence-corrected chi connectivity index (χ1v) is 9.12. The lowest BCUT2D eigenvalue weighted by Crippen LogP contribution is -2.57. The molecule has 1 saturated heterocycles. The molecule has 0 bridgehead atoms. The third kappa shape index (κ3) is 2.91. The van der Waals surface area contributed by atoms with Gasteiger partial charge in [0.05, 0.1) is 12.2 Å². The molecule has 2 aliphatic rings. The quantitative estimate of drug-likeness (QED) is 0.588. The Morgan fingerprint density at radius 3 is 2.64 bits per heavy atom. The van der Waals surface area contributed by atoms with Crippen LogP contribution in [-0.2, 0) is 9.59 Å². The minimum Gasteiger partial charge on any atom is -0.494 e. The molecule has 0 aromatic heterocycles. The summed E-state index contributed by atoms with van der Waals surface area (Å²) in [5.41, 5.74) is 6.15. The Morgan fingerprint density at radius 2 is 1.89 bits per heavy atom. The van der Waals surface area contributed by atoms with Gasteiger partial charge in [0.25, 0.3) is 11.8 Å². The Bertz CT molecular complexity index is 1020. The van der Waals surface area contributed by atoms with E-state index in [1.54, 1.807) is 30.3 Å².